The van der Waals surface area contributed by atoms with Gasteiger partial charge < -0.3 is 14.7 Å². The van der Waals surface area contributed by atoms with Crippen molar-refractivity contribution in [1.29, 1.82) is 0 Å². The standard InChI is InChI=1S/C12H15N3O4/c16-10(8-3-13-14-4-8)15-5-9-6-19-2-1-12(9,7-15)11(17)18/h3-4,9H,1-2,5-7H2,(H,13,14)(H,17,18)/t9-,12+/m0/s1. The summed E-state index contributed by atoms with van der Waals surface area (Å²) >= 11 is 0. The lowest BCUT2D eigenvalue weighted by molar-refractivity contribution is -0.157. The average molecular weight is 265 g/mol. The molecule has 3 rings (SSSR count). The number of H-pyrrole nitrogens is 1. The lowest BCUT2D eigenvalue weighted by Gasteiger charge is -2.33. The van der Waals surface area contributed by atoms with Crippen LogP contribution in [0.4, 0.5) is 0 Å². The molecule has 7 nitrogen and oxygen atoms in total. The molecule has 19 heavy (non-hydrogen) atoms. The number of fused-ring (bicyclic) bond motifs is 1. The number of carbonyl (C=O) groups excluding carboxylic acids is 1. The summed E-state index contributed by atoms with van der Waals surface area (Å²) in [6, 6.07) is 0. The van der Waals surface area contributed by atoms with Gasteiger partial charge in [0.1, 0.15) is 0 Å². The van der Waals surface area contributed by atoms with E-state index in [1.54, 1.807) is 4.90 Å². The van der Waals surface area contributed by atoms with Crippen LogP contribution in [0.15, 0.2) is 12.4 Å². The quantitative estimate of drug-likeness (QED) is 0.783. The van der Waals surface area contributed by atoms with E-state index in [-0.39, 0.29) is 18.4 Å². The second-order valence-electron chi connectivity index (χ2n) is 5.16. The van der Waals surface area contributed by atoms with Crippen molar-refractivity contribution in [2.75, 3.05) is 26.3 Å². The molecule has 0 radical (unpaired) electrons. The summed E-state index contributed by atoms with van der Waals surface area (Å²) in [4.78, 5) is 25.4. The SMILES string of the molecule is O=C(c1cn[nH]c1)N1C[C@H]2COCC[C@@]2(C(=O)O)C1. The maximum Gasteiger partial charge on any atom is 0.311 e. The fourth-order valence-corrected chi connectivity index (χ4v) is 3.00. The Bertz CT molecular complexity index is 501. The van der Waals surface area contributed by atoms with E-state index < -0.39 is 11.4 Å². The molecule has 2 aliphatic rings. The molecule has 2 fully saturated rings. The van der Waals surface area contributed by atoms with Crippen molar-refractivity contribution in [3.05, 3.63) is 18.0 Å². The van der Waals surface area contributed by atoms with Gasteiger partial charge in [-0.3, -0.25) is 14.7 Å². The Morgan fingerprint density at radius 2 is 2.42 bits per heavy atom. The number of nitrogens with one attached hydrogen (secondary N) is 1. The maximum absolute atomic E-state index is 12.2. The molecule has 2 aliphatic heterocycles. The van der Waals surface area contributed by atoms with E-state index in [2.05, 4.69) is 10.2 Å². The molecule has 0 saturated carbocycles. The molecule has 2 saturated heterocycles. The average Bonchev–Trinajstić information content (AvgIpc) is 3.05. The molecule has 1 aromatic heterocycles. The van der Waals surface area contributed by atoms with E-state index in [1.165, 1.54) is 12.4 Å². The molecule has 0 aromatic carbocycles. The lowest BCUT2D eigenvalue weighted by atomic mass is 9.74. The molecule has 0 unspecified atom stereocenters. The second kappa shape index (κ2) is 4.34. The zero-order valence-electron chi connectivity index (χ0n) is 10.3. The summed E-state index contributed by atoms with van der Waals surface area (Å²) in [5, 5.41) is 15.9. The largest absolute Gasteiger partial charge is 0.481 e. The Morgan fingerprint density at radius 3 is 3.05 bits per heavy atom. The van der Waals surface area contributed by atoms with Crippen molar-refractivity contribution < 1.29 is 19.4 Å². The second-order valence-corrected chi connectivity index (χ2v) is 5.16. The number of carbonyl (C=O) groups is 2. The highest BCUT2D eigenvalue weighted by Gasteiger charge is 2.54. The van der Waals surface area contributed by atoms with Crippen molar-refractivity contribution in [2.24, 2.45) is 11.3 Å². The number of hydrogen-bond donors (Lipinski definition) is 2. The highest BCUT2D eigenvalue weighted by Crippen LogP contribution is 2.42. The number of carboxylic acid groups (broad SMARTS) is 1. The zero-order valence-corrected chi connectivity index (χ0v) is 10.3. The highest BCUT2D eigenvalue weighted by atomic mass is 16.5. The number of amides is 1. The van der Waals surface area contributed by atoms with Gasteiger partial charge >= 0.3 is 5.97 Å². The summed E-state index contributed by atoms with van der Waals surface area (Å²) in [5.41, 5.74) is -0.391. The molecule has 1 aromatic rings. The van der Waals surface area contributed by atoms with Crippen LogP contribution in [-0.4, -0.2) is 58.4 Å². The lowest BCUT2D eigenvalue weighted by Crippen LogP contribution is -2.45. The van der Waals surface area contributed by atoms with Crippen LogP contribution in [0.25, 0.3) is 0 Å². The molecular weight excluding hydrogens is 250 g/mol. The van der Waals surface area contributed by atoms with Gasteiger partial charge in [-0.05, 0) is 6.42 Å². The van der Waals surface area contributed by atoms with Crippen molar-refractivity contribution in [3.8, 4) is 0 Å². The number of hydrogen-bond acceptors (Lipinski definition) is 4. The van der Waals surface area contributed by atoms with Crippen LogP contribution < -0.4 is 0 Å². The Labute approximate surface area is 109 Å². The zero-order chi connectivity index (χ0) is 13.5. The number of nitrogens with zero attached hydrogens (tertiary/aromatic N) is 2. The number of likely N-dealkylation sites (tertiary alicyclic amines) is 1. The van der Waals surface area contributed by atoms with Gasteiger partial charge in [0.2, 0.25) is 0 Å². The number of carboxylic acids is 1. The Hall–Kier alpha value is -1.89. The third-order valence-electron chi connectivity index (χ3n) is 4.17. The summed E-state index contributed by atoms with van der Waals surface area (Å²) < 4.78 is 5.36. The first kappa shape index (κ1) is 12.2. The minimum Gasteiger partial charge on any atom is -0.481 e. The monoisotopic (exact) mass is 265 g/mol. The minimum absolute atomic E-state index is 0.130. The van der Waals surface area contributed by atoms with E-state index in [4.69, 9.17) is 4.74 Å². The van der Waals surface area contributed by atoms with Crippen LogP contribution in [0, 0.1) is 11.3 Å². The molecule has 1 amide bonds. The summed E-state index contributed by atoms with van der Waals surface area (Å²) in [6.45, 7) is 1.52. The number of aliphatic carboxylic acids is 1. The number of aromatic amines is 1. The van der Waals surface area contributed by atoms with E-state index in [0.29, 0.717) is 31.7 Å². The molecule has 0 spiro atoms. The molecule has 2 atom stereocenters. The smallest absolute Gasteiger partial charge is 0.311 e. The van der Waals surface area contributed by atoms with Crippen LogP contribution in [0.5, 0.6) is 0 Å². The Morgan fingerprint density at radius 1 is 1.58 bits per heavy atom. The van der Waals surface area contributed by atoms with Crippen molar-refractivity contribution in [3.63, 3.8) is 0 Å². The van der Waals surface area contributed by atoms with Gasteiger partial charge in [0.15, 0.2) is 0 Å². The maximum atomic E-state index is 12.2. The number of aromatic nitrogens is 2. The third-order valence-corrected chi connectivity index (χ3v) is 4.17. The summed E-state index contributed by atoms with van der Waals surface area (Å²) in [7, 11) is 0. The Kier molecular flexibility index (Phi) is 2.78. The first-order valence-electron chi connectivity index (χ1n) is 6.23. The normalized spacial score (nSPS) is 30.1. The molecular formula is C12H15N3O4. The number of rotatable bonds is 2. The summed E-state index contributed by atoms with van der Waals surface area (Å²) in [6.07, 6.45) is 3.44. The molecule has 3 heterocycles. The minimum atomic E-state index is -0.850. The molecule has 102 valence electrons. The van der Waals surface area contributed by atoms with E-state index in [1.807, 2.05) is 0 Å². The van der Waals surface area contributed by atoms with E-state index in [0.717, 1.165) is 0 Å². The number of ether oxygens (including phenoxy) is 1. The third kappa shape index (κ3) is 1.81. The van der Waals surface area contributed by atoms with E-state index in [9.17, 15) is 14.7 Å². The van der Waals surface area contributed by atoms with Gasteiger partial charge in [-0.25, -0.2) is 0 Å². The Balaban J connectivity index is 1.84. The summed E-state index contributed by atoms with van der Waals surface area (Å²) in [5.74, 6) is -1.14. The predicted octanol–water partition coefficient (Wildman–Crippen LogP) is -0.0270. The van der Waals surface area contributed by atoms with Crippen molar-refractivity contribution >= 4 is 11.9 Å². The van der Waals surface area contributed by atoms with Crippen LogP contribution >= 0.6 is 0 Å². The highest BCUT2D eigenvalue weighted by molar-refractivity contribution is 5.94. The van der Waals surface area contributed by atoms with Gasteiger partial charge in [0.05, 0.1) is 23.8 Å². The van der Waals surface area contributed by atoms with Gasteiger partial charge in [0, 0.05) is 31.8 Å². The first-order valence-corrected chi connectivity index (χ1v) is 6.23. The van der Waals surface area contributed by atoms with Gasteiger partial charge in [-0.1, -0.05) is 0 Å². The van der Waals surface area contributed by atoms with Gasteiger partial charge in [-0.2, -0.15) is 5.10 Å². The van der Waals surface area contributed by atoms with E-state index >= 15 is 0 Å². The van der Waals surface area contributed by atoms with Crippen LogP contribution in [0.3, 0.4) is 0 Å². The topological polar surface area (TPSA) is 95.5 Å². The fraction of sp³-hybridized carbons (Fsp3) is 0.583. The van der Waals surface area contributed by atoms with Gasteiger partial charge in [0.25, 0.3) is 5.91 Å². The van der Waals surface area contributed by atoms with Crippen LogP contribution in [0.2, 0.25) is 0 Å². The molecule has 0 aliphatic carbocycles. The van der Waals surface area contributed by atoms with Crippen molar-refractivity contribution in [1.82, 2.24) is 15.1 Å². The predicted molar refractivity (Wildman–Crippen MR) is 63.5 cm³/mol. The molecule has 7 heteroatoms. The fourth-order valence-electron chi connectivity index (χ4n) is 3.00. The molecule has 2 N–H and O–H groups in total. The van der Waals surface area contributed by atoms with Crippen molar-refractivity contribution in [2.45, 2.75) is 6.42 Å². The molecule has 0 bridgehead atoms. The van der Waals surface area contributed by atoms with Crippen LogP contribution in [0.1, 0.15) is 16.8 Å². The van der Waals surface area contributed by atoms with Gasteiger partial charge in [-0.15, -0.1) is 0 Å². The first-order chi connectivity index (χ1) is 9.13. The van der Waals surface area contributed by atoms with Crippen LogP contribution in [-0.2, 0) is 9.53 Å².